The van der Waals surface area contributed by atoms with Gasteiger partial charge in [0.15, 0.2) is 0 Å². The van der Waals surface area contributed by atoms with Gasteiger partial charge in [0.05, 0.1) is 22.6 Å². The van der Waals surface area contributed by atoms with Gasteiger partial charge in [-0.2, -0.15) is 0 Å². The molecule has 0 bridgehead atoms. The Balaban J connectivity index is 1.61. The Bertz CT molecular complexity index is 1220. The molecule has 2 aromatic rings. The first kappa shape index (κ1) is 22.7. The second kappa shape index (κ2) is 9.16. The van der Waals surface area contributed by atoms with Gasteiger partial charge in [-0.3, -0.25) is 29.0 Å². The van der Waals surface area contributed by atoms with Crippen LogP contribution in [0.3, 0.4) is 0 Å². The van der Waals surface area contributed by atoms with E-state index in [0.717, 1.165) is 17.3 Å². The van der Waals surface area contributed by atoms with Crippen molar-refractivity contribution in [2.75, 3.05) is 23.3 Å². The van der Waals surface area contributed by atoms with Crippen LogP contribution in [0.2, 0.25) is 0 Å². The minimum atomic E-state index is -1.05. The number of amides is 3. The van der Waals surface area contributed by atoms with Crippen molar-refractivity contribution in [2.45, 2.75) is 13.3 Å². The molecule has 10 heteroatoms. The zero-order valence-electron chi connectivity index (χ0n) is 17.5. The fourth-order valence-corrected chi connectivity index (χ4v) is 4.97. The molecule has 0 aliphatic carbocycles. The molecule has 0 unspecified atom stereocenters. The molecule has 0 aromatic heterocycles. The van der Waals surface area contributed by atoms with Crippen LogP contribution >= 0.6 is 24.0 Å². The molecule has 2 aromatic carbocycles. The van der Waals surface area contributed by atoms with E-state index in [2.05, 4.69) is 5.32 Å². The highest BCUT2D eigenvalue weighted by molar-refractivity contribution is 8.26. The minimum Gasteiger partial charge on any atom is -0.481 e. The number of para-hydroxylation sites is 1. The van der Waals surface area contributed by atoms with Crippen molar-refractivity contribution in [2.24, 2.45) is 0 Å². The molecule has 2 heterocycles. The molecule has 2 aliphatic heterocycles. The van der Waals surface area contributed by atoms with Gasteiger partial charge in [0.2, 0.25) is 5.91 Å². The molecule has 0 saturated carbocycles. The maximum absolute atomic E-state index is 13.4. The van der Waals surface area contributed by atoms with Crippen molar-refractivity contribution in [3.05, 3.63) is 64.6 Å². The first-order chi connectivity index (χ1) is 15.8. The van der Waals surface area contributed by atoms with Crippen LogP contribution in [0.4, 0.5) is 11.4 Å². The smallest absolute Gasteiger partial charge is 0.305 e. The largest absolute Gasteiger partial charge is 0.481 e. The fourth-order valence-electron chi connectivity index (χ4n) is 3.59. The molecule has 0 spiro atoms. The average Bonchev–Trinajstić information content (AvgIpc) is 3.20. The third kappa shape index (κ3) is 4.53. The van der Waals surface area contributed by atoms with Crippen LogP contribution in [-0.2, 0) is 19.2 Å². The molecule has 1 saturated heterocycles. The highest BCUT2D eigenvalue weighted by Crippen LogP contribution is 2.44. The first-order valence-electron chi connectivity index (χ1n) is 10.0. The zero-order chi connectivity index (χ0) is 23.7. The van der Waals surface area contributed by atoms with Gasteiger partial charge in [-0.15, -0.1) is 0 Å². The lowest BCUT2D eigenvalue weighted by atomic mass is 10.1. The summed E-state index contributed by atoms with van der Waals surface area (Å²) < 4.78 is 0.199. The number of nitrogens with zero attached hydrogens (tertiary/aromatic N) is 2. The molecule has 3 amide bonds. The van der Waals surface area contributed by atoms with Crippen LogP contribution in [-0.4, -0.2) is 51.1 Å². The quantitative estimate of drug-likeness (QED) is 0.482. The maximum Gasteiger partial charge on any atom is 0.305 e. The number of carbonyl (C=O) groups is 4. The van der Waals surface area contributed by atoms with Gasteiger partial charge >= 0.3 is 5.97 Å². The molecule has 8 nitrogen and oxygen atoms in total. The topological polar surface area (TPSA) is 107 Å². The van der Waals surface area contributed by atoms with E-state index in [0.29, 0.717) is 16.9 Å². The number of carboxylic acids is 1. The van der Waals surface area contributed by atoms with E-state index in [1.807, 2.05) is 19.1 Å². The van der Waals surface area contributed by atoms with E-state index in [1.54, 1.807) is 36.4 Å². The van der Waals surface area contributed by atoms with Crippen molar-refractivity contribution in [1.29, 1.82) is 0 Å². The summed E-state index contributed by atoms with van der Waals surface area (Å²) in [4.78, 5) is 52.6. The van der Waals surface area contributed by atoms with Crippen LogP contribution in [0, 0.1) is 6.92 Å². The summed E-state index contributed by atoms with van der Waals surface area (Å²) >= 11 is 6.22. The monoisotopic (exact) mass is 481 g/mol. The summed E-state index contributed by atoms with van der Waals surface area (Å²) in [5.74, 6) is -2.41. The molecule has 168 valence electrons. The number of hydrogen-bond donors (Lipinski definition) is 2. The van der Waals surface area contributed by atoms with E-state index in [-0.39, 0.29) is 40.2 Å². The Labute approximate surface area is 199 Å². The lowest BCUT2D eigenvalue weighted by molar-refractivity contribution is -0.137. The molecular formula is C23H19N3O5S2. The van der Waals surface area contributed by atoms with Gasteiger partial charge in [0.25, 0.3) is 11.8 Å². The summed E-state index contributed by atoms with van der Waals surface area (Å²) in [6.45, 7) is 1.64. The number of rotatable bonds is 6. The Morgan fingerprint density at radius 2 is 1.73 bits per heavy atom. The van der Waals surface area contributed by atoms with E-state index >= 15 is 0 Å². The van der Waals surface area contributed by atoms with E-state index in [9.17, 15) is 19.2 Å². The molecular weight excluding hydrogens is 462 g/mol. The Morgan fingerprint density at radius 1 is 1.03 bits per heavy atom. The summed E-state index contributed by atoms with van der Waals surface area (Å²) in [5.41, 5.74) is 2.90. The van der Waals surface area contributed by atoms with Gasteiger partial charge < -0.3 is 10.4 Å². The summed E-state index contributed by atoms with van der Waals surface area (Å²) in [5, 5.41) is 11.7. The number of thioether (sulfide) groups is 1. The van der Waals surface area contributed by atoms with Crippen molar-refractivity contribution in [3.8, 4) is 0 Å². The number of benzene rings is 2. The number of thiocarbonyl (C=S) groups is 1. The molecule has 2 N–H and O–H groups in total. The van der Waals surface area contributed by atoms with Gasteiger partial charge in [-0.25, -0.2) is 0 Å². The number of hydrogen-bond acceptors (Lipinski definition) is 6. The Kier molecular flexibility index (Phi) is 6.30. The van der Waals surface area contributed by atoms with Crippen LogP contribution in [0.5, 0.6) is 0 Å². The van der Waals surface area contributed by atoms with Gasteiger partial charge in [-0.05, 0) is 25.1 Å². The van der Waals surface area contributed by atoms with Crippen LogP contribution in [0.25, 0.3) is 5.57 Å². The number of aliphatic carboxylic acids is 1. The SMILES string of the molecule is Cc1ccc(NC(=O)CN2C(=O)/C(=C3\SC(=S)N(CCC(=O)O)C3=O)c3ccccc32)cc1. The van der Waals surface area contributed by atoms with E-state index in [1.165, 1.54) is 9.80 Å². The molecule has 2 aliphatic rings. The first-order valence-corrected chi connectivity index (χ1v) is 11.3. The summed E-state index contributed by atoms with van der Waals surface area (Å²) in [6.07, 6.45) is -0.259. The van der Waals surface area contributed by atoms with Gasteiger partial charge in [0.1, 0.15) is 10.9 Å². The van der Waals surface area contributed by atoms with Crippen molar-refractivity contribution in [3.63, 3.8) is 0 Å². The van der Waals surface area contributed by atoms with Crippen LogP contribution < -0.4 is 10.2 Å². The van der Waals surface area contributed by atoms with Crippen LogP contribution in [0.1, 0.15) is 17.5 Å². The Hall–Kier alpha value is -3.50. The predicted octanol–water partition coefficient (Wildman–Crippen LogP) is 3.03. The Morgan fingerprint density at radius 3 is 2.42 bits per heavy atom. The highest BCUT2D eigenvalue weighted by atomic mass is 32.2. The molecule has 0 radical (unpaired) electrons. The highest BCUT2D eigenvalue weighted by Gasteiger charge is 2.42. The molecule has 0 atom stereocenters. The second-order valence-corrected chi connectivity index (χ2v) is 9.14. The average molecular weight is 482 g/mol. The predicted molar refractivity (Wildman–Crippen MR) is 130 cm³/mol. The second-order valence-electron chi connectivity index (χ2n) is 7.50. The zero-order valence-corrected chi connectivity index (χ0v) is 19.2. The third-order valence-corrected chi connectivity index (χ3v) is 6.63. The molecule has 33 heavy (non-hydrogen) atoms. The molecule has 1 fully saturated rings. The standard InChI is InChI=1S/C23H19N3O5S2/c1-13-6-8-14(9-7-13)24-17(27)12-26-16-5-3-2-4-15(16)19(21(26)30)20-22(31)25(23(32)33-20)11-10-18(28)29/h2-9H,10-12H2,1H3,(H,24,27)(H,28,29)/b20-19-. The number of carbonyl (C=O) groups excluding carboxylic acids is 3. The number of aryl methyl sites for hydroxylation is 1. The lowest BCUT2D eigenvalue weighted by Gasteiger charge is -2.17. The third-order valence-electron chi connectivity index (χ3n) is 5.19. The van der Waals surface area contributed by atoms with Gasteiger partial charge in [0, 0.05) is 17.8 Å². The minimum absolute atomic E-state index is 0.0741. The van der Waals surface area contributed by atoms with E-state index < -0.39 is 17.8 Å². The fraction of sp³-hybridized carbons (Fsp3) is 0.174. The van der Waals surface area contributed by atoms with E-state index in [4.69, 9.17) is 17.3 Å². The number of fused-ring (bicyclic) bond motifs is 1. The van der Waals surface area contributed by atoms with Gasteiger partial charge in [-0.1, -0.05) is 59.9 Å². The number of carboxylic acid groups (broad SMARTS) is 1. The number of anilines is 2. The normalized spacial score (nSPS) is 17.5. The maximum atomic E-state index is 13.4. The van der Waals surface area contributed by atoms with Crippen molar-refractivity contribution < 1.29 is 24.3 Å². The lowest BCUT2D eigenvalue weighted by Crippen LogP contribution is -2.35. The summed E-state index contributed by atoms with van der Waals surface area (Å²) in [6, 6.07) is 14.2. The molecule has 4 rings (SSSR count). The summed E-state index contributed by atoms with van der Waals surface area (Å²) in [7, 11) is 0. The van der Waals surface area contributed by atoms with Crippen molar-refractivity contribution >= 4 is 68.9 Å². The van der Waals surface area contributed by atoms with Crippen LogP contribution in [0.15, 0.2) is 53.4 Å². The number of nitrogens with one attached hydrogen (secondary N) is 1. The van der Waals surface area contributed by atoms with Crippen molar-refractivity contribution in [1.82, 2.24) is 4.90 Å².